The average molecular weight is 353 g/mol. The second-order valence-corrected chi connectivity index (χ2v) is 4.85. The van der Waals surface area contributed by atoms with Crippen LogP contribution in [0.1, 0.15) is 0 Å². The van der Waals surface area contributed by atoms with Crippen molar-refractivity contribution in [1.82, 2.24) is 24.5 Å². The summed E-state index contributed by atoms with van der Waals surface area (Å²) >= 11 is 9.06. The molecule has 6 nitrogen and oxygen atoms in total. The maximum atomic E-state index is 5.78. The van der Waals surface area contributed by atoms with Gasteiger partial charge in [0.05, 0.1) is 0 Å². The average Bonchev–Trinajstić information content (AvgIpc) is 2.96. The van der Waals surface area contributed by atoms with Gasteiger partial charge in [-0.1, -0.05) is 11.6 Å². The highest BCUT2D eigenvalue weighted by atomic mass is 79.9. The maximum absolute atomic E-state index is 5.78. The SMILES string of the molecule is Clc1ccc(Oc2cc(-n3ccnc3)ncn2)c(Br)n1. The molecule has 0 N–H and O–H groups in total. The fraction of sp³-hybridized carbons (Fsp3) is 0. The fourth-order valence-corrected chi connectivity index (χ4v) is 2.16. The highest BCUT2D eigenvalue weighted by Gasteiger charge is 2.07. The van der Waals surface area contributed by atoms with E-state index in [4.69, 9.17) is 16.3 Å². The number of nitrogens with zero attached hydrogens (tertiary/aromatic N) is 5. The van der Waals surface area contributed by atoms with Crippen molar-refractivity contribution in [3.05, 3.63) is 53.0 Å². The minimum absolute atomic E-state index is 0.381. The van der Waals surface area contributed by atoms with E-state index in [1.165, 1.54) is 6.33 Å². The predicted octanol–water partition coefficient (Wildman–Crippen LogP) is 3.27. The highest BCUT2D eigenvalue weighted by molar-refractivity contribution is 9.10. The van der Waals surface area contributed by atoms with Crippen LogP contribution in [0, 0.1) is 0 Å². The van der Waals surface area contributed by atoms with Crippen molar-refractivity contribution in [2.45, 2.75) is 0 Å². The number of hydrogen-bond acceptors (Lipinski definition) is 5. The van der Waals surface area contributed by atoms with Crippen LogP contribution in [0.25, 0.3) is 5.82 Å². The zero-order valence-corrected chi connectivity index (χ0v) is 12.3. The van der Waals surface area contributed by atoms with Crippen molar-refractivity contribution in [2.75, 3.05) is 0 Å². The zero-order chi connectivity index (χ0) is 13.9. The molecule has 0 radical (unpaired) electrons. The standard InChI is InChI=1S/C12H7BrClN5O/c13-12-8(1-2-9(14)18-12)20-11-5-10(16-6-17-11)19-4-3-15-7-19/h1-7H. The number of aromatic nitrogens is 5. The second-order valence-electron chi connectivity index (χ2n) is 3.71. The topological polar surface area (TPSA) is 65.7 Å². The number of ether oxygens (including phenoxy) is 1. The lowest BCUT2D eigenvalue weighted by Crippen LogP contribution is -1.97. The first kappa shape index (κ1) is 13.0. The van der Waals surface area contributed by atoms with Crippen LogP contribution in [0.3, 0.4) is 0 Å². The van der Waals surface area contributed by atoms with E-state index in [2.05, 4.69) is 35.9 Å². The van der Waals surface area contributed by atoms with Gasteiger partial charge in [0.25, 0.3) is 0 Å². The Hall–Kier alpha value is -1.99. The molecule has 0 saturated heterocycles. The van der Waals surface area contributed by atoms with E-state index in [0.717, 1.165) is 0 Å². The molecule has 20 heavy (non-hydrogen) atoms. The Labute approximate surface area is 127 Å². The second kappa shape index (κ2) is 5.56. The number of pyridine rings is 1. The quantitative estimate of drug-likeness (QED) is 0.677. The van der Waals surface area contributed by atoms with Crippen molar-refractivity contribution < 1.29 is 4.74 Å². The van der Waals surface area contributed by atoms with Crippen molar-refractivity contribution in [2.24, 2.45) is 0 Å². The van der Waals surface area contributed by atoms with Gasteiger partial charge in [-0.2, -0.15) is 0 Å². The summed E-state index contributed by atoms with van der Waals surface area (Å²) in [5.74, 6) is 1.57. The molecule has 0 amide bonds. The normalized spacial score (nSPS) is 10.5. The van der Waals surface area contributed by atoms with Crippen molar-refractivity contribution in [3.63, 3.8) is 0 Å². The van der Waals surface area contributed by atoms with Crippen molar-refractivity contribution in [3.8, 4) is 17.4 Å². The Bertz CT molecular complexity index is 734. The van der Waals surface area contributed by atoms with E-state index in [-0.39, 0.29) is 0 Å². The van der Waals surface area contributed by atoms with Gasteiger partial charge in [-0.05, 0) is 28.1 Å². The molecule has 100 valence electrons. The minimum Gasteiger partial charge on any atom is -0.436 e. The van der Waals surface area contributed by atoms with Gasteiger partial charge in [-0.3, -0.25) is 4.57 Å². The van der Waals surface area contributed by atoms with Gasteiger partial charge in [0.15, 0.2) is 5.75 Å². The van der Waals surface area contributed by atoms with Crippen LogP contribution >= 0.6 is 27.5 Å². The first-order chi connectivity index (χ1) is 9.72. The Balaban J connectivity index is 1.89. The van der Waals surface area contributed by atoms with Gasteiger partial charge in [-0.15, -0.1) is 0 Å². The van der Waals surface area contributed by atoms with Crippen LogP contribution in [-0.2, 0) is 0 Å². The van der Waals surface area contributed by atoms with Gasteiger partial charge in [-0.25, -0.2) is 19.9 Å². The van der Waals surface area contributed by atoms with Crippen LogP contribution in [0.4, 0.5) is 0 Å². The molecular formula is C12H7BrClN5O. The van der Waals surface area contributed by atoms with E-state index < -0.39 is 0 Å². The molecule has 0 bridgehead atoms. The number of imidazole rings is 1. The molecular weight excluding hydrogens is 346 g/mol. The molecule has 0 aliphatic rings. The number of halogens is 2. The summed E-state index contributed by atoms with van der Waals surface area (Å²) in [6.07, 6.45) is 6.52. The van der Waals surface area contributed by atoms with Gasteiger partial charge in [0.1, 0.15) is 28.2 Å². The molecule has 8 heteroatoms. The molecule has 0 unspecified atom stereocenters. The van der Waals surface area contributed by atoms with Gasteiger partial charge >= 0.3 is 0 Å². The summed E-state index contributed by atoms with van der Waals surface area (Å²) in [5, 5.41) is 0.381. The maximum Gasteiger partial charge on any atom is 0.224 e. The number of hydrogen-bond donors (Lipinski definition) is 0. The van der Waals surface area contributed by atoms with Gasteiger partial charge in [0, 0.05) is 18.5 Å². The monoisotopic (exact) mass is 351 g/mol. The van der Waals surface area contributed by atoms with Gasteiger partial charge in [0.2, 0.25) is 5.88 Å². The molecule has 0 aliphatic heterocycles. The Morgan fingerprint density at radius 3 is 2.90 bits per heavy atom. The largest absolute Gasteiger partial charge is 0.436 e. The Morgan fingerprint density at radius 2 is 2.15 bits per heavy atom. The smallest absolute Gasteiger partial charge is 0.224 e. The van der Waals surface area contributed by atoms with E-state index >= 15 is 0 Å². The lowest BCUT2D eigenvalue weighted by Gasteiger charge is -2.07. The van der Waals surface area contributed by atoms with E-state index in [0.29, 0.717) is 27.2 Å². The van der Waals surface area contributed by atoms with Crippen LogP contribution in [0.5, 0.6) is 11.6 Å². The van der Waals surface area contributed by atoms with E-state index in [1.807, 2.05) is 0 Å². The van der Waals surface area contributed by atoms with Crippen LogP contribution in [0.2, 0.25) is 5.15 Å². The molecule has 0 atom stereocenters. The fourth-order valence-electron chi connectivity index (χ4n) is 1.51. The molecule has 3 rings (SSSR count). The molecule has 0 aromatic carbocycles. The lowest BCUT2D eigenvalue weighted by atomic mass is 10.4. The molecule has 0 saturated carbocycles. The van der Waals surface area contributed by atoms with E-state index in [1.54, 1.807) is 41.5 Å². The van der Waals surface area contributed by atoms with Crippen LogP contribution < -0.4 is 4.74 Å². The highest BCUT2D eigenvalue weighted by Crippen LogP contribution is 2.28. The molecule has 0 fully saturated rings. The predicted molar refractivity (Wildman–Crippen MR) is 76.2 cm³/mol. The lowest BCUT2D eigenvalue weighted by molar-refractivity contribution is 0.455. The third-order valence-corrected chi connectivity index (χ3v) is 3.17. The Kier molecular flexibility index (Phi) is 3.62. The molecule has 0 spiro atoms. The third-order valence-electron chi connectivity index (χ3n) is 2.39. The summed E-state index contributed by atoms with van der Waals surface area (Å²) in [4.78, 5) is 16.2. The number of rotatable bonds is 3. The van der Waals surface area contributed by atoms with Gasteiger partial charge < -0.3 is 4.74 Å². The van der Waals surface area contributed by atoms with E-state index in [9.17, 15) is 0 Å². The molecule has 3 aromatic rings. The first-order valence-electron chi connectivity index (χ1n) is 5.52. The zero-order valence-electron chi connectivity index (χ0n) is 9.94. The van der Waals surface area contributed by atoms with Crippen molar-refractivity contribution in [1.29, 1.82) is 0 Å². The summed E-state index contributed by atoms with van der Waals surface area (Å²) in [6.45, 7) is 0. The summed E-state index contributed by atoms with van der Waals surface area (Å²) in [6, 6.07) is 5.04. The summed E-state index contributed by atoms with van der Waals surface area (Å²) < 4.78 is 7.91. The molecule has 3 heterocycles. The van der Waals surface area contributed by atoms with Crippen molar-refractivity contribution >= 4 is 27.5 Å². The first-order valence-corrected chi connectivity index (χ1v) is 6.70. The summed E-state index contributed by atoms with van der Waals surface area (Å²) in [5.41, 5.74) is 0. The molecule has 0 aliphatic carbocycles. The Morgan fingerprint density at radius 1 is 1.25 bits per heavy atom. The summed E-state index contributed by atoms with van der Waals surface area (Å²) in [7, 11) is 0. The molecule has 3 aromatic heterocycles. The van der Waals surface area contributed by atoms with Crippen LogP contribution in [-0.4, -0.2) is 24.5 Å². The van der Waals surface area contributed by atoms with Crippen LogP contribution in [0.15, 0.2) is 47.9 Å². The minimum atomic E-state index is 0.381. The third kappa shape index (κ3) is 2.78.